The number of hydrogen-bond acceptors (Lipinski definition) is 6. The summed E-state index contributed by atoms with van der Waals surface area (Å²) < 4.78 is 48.2. The van der Waals surface area contributed by atoms with Crippen LogP contribution in [-0.2, 0) is 17.5 Å². The summed E-state index contributed by atoms with van der Waals surface area (Å²) in [6.07, 6.45) is -3.36. The molecule has 2 aromatic heterocycles. The van der Waals surface area contributed by atoms with E-state index in [9.17, 15) is 18.0 Å². The lowest BCUT2D eigenvalue weighted by atomic mass is 10.2. The van der Waals surface area contributed by atoms with E-state index in [2.05, 4.69) is 14.7 Å². The molecule has 9 heteroatoms. The highest BCUT2D eigenvalue weighted by molar-refractivity contribution is 5.87. The highest BCUT2D eigenvalue weighted by Gasteiger charge is 2.33. The summed E-state index contributed by atoms with van der Waals surface area (Å²) in [6, 6.07) is 4.74. The first-order valence-electron chi connectivity index (χ1n) is 6.34. The lowest BCUT2D eigenvalue weighted by molar-refractivity contribution is -0.141. The van der Waals surface area contributed by atoms with Crippen LogP contribution in [0.5, 0.6) is 11.6 Å². The highest BCUT2D eigenvalue weighted by Crippen LogP contribution is 2.31. The van der Waals surface area contributed by atoms with Gasteiger partial charge in [0, 0.05) is 24.9 Å². The number of carbonyl (C=O) groups excluding carboxylic acids is 1. The van der Waals surface area contributed by atoms with Crippen LogP contribution in [0.15, 0.2) is 30.5 Å². The van der Waals surface area contributed by atoms with Crippen LogP contribution in [0, 0.1) is 0 Å². The normalized spacial score (nSPS) is 11.2. The van der Waals surface area contributed by atoms with Crippen LogP contribution in [0.25, 0.3) is 0 Å². The predicted molar refractivity (Wildman–Crippen MR) is 72.8 cm³/mol. The molecule has 0 saturated carbocycles. The first-order chi connectivity index (χ1) is 10.8. The SMILES string of the molecule is COC(=O)c1cc(Oc2cc(CN)cc(C(F)(F)F)n2)ccn1. The Morgan fingerprint density at radius 2 is 2.04 bits per heavy atom. The summed E-state index contributed by atoms with van der Waals surface area (Å²) in [7, 11) is 1.18. The van der Waals surface area contributed by atoms with Crippen LogP contribution in [0.3, 0.4) is 0 Å². The number of methoxy groups -OCH3 is 1. The average Bonchev–Trinajstić information content (AvgIpc) is 2.53. The van der Waals surface area contributed by atoms with Crippen LogP contribution in [0.2, 0.25) is 0 Å². The number of hydrogen-bond donors (Lipinski definition) is 1. The van der Waals surface area contributed by atoms with Crippen LogP contribution in [-0.4, -0.2) is 23.0 Å². The maximum atomic E-state index is 12.8. The first kappa shape index (κ1) is 16.7. The van der Waals surface area contributed by atoms with E-state index in [1.54, 1.807) is 0 Å². The molecule has 0 aliphatic heterocycles. The van der Waals surface area contributed by atoms with Gasteiger partial charge in [0.1, 0.15) is 11.4 Å². The Balaban J connectivity index is 2.34. The fourth-order valence-electron chi connectivity index (χ4n) is 1.69. The van der Waals surface area contributed by atoms with Crippen molar-refractivity contribution in [2.24, 2.45) is 5.73 Å². The molecule has 0 bridgehead atoms. The Labute approximate surface area is 129 Å². The van der Waals surface area contributed by atoms with E-state index < -0.39 is 17.8 Å². The van der Waals surface area contributed by atoms with Gasteiger partial charge in [0.2, 0.25) is 5.88 Å². The smallest absolute Gasteiger partial charge is 0.433 e. The minimum absolute atomic E-state index is 0.0453. The van der Waals surface area contributed by atoms with Gasteiger partial charge in [-0.25, -0.2) is 14.8 Å². The molecule has 0 aliphatic carbocycles. The Morgan fingerprint density at radius 1 is 1.30 bits per heavy atom. The number of pyridine rings is 2. The molecule has 2 heterocycles. The van der Waals surface area contributed by atoms with E-state index in [4.69, 9.17) is 10.5 Å². The number of esters is 1. The fourth-order valence-corrected chi connectivity index (χ4v) is 1.69. The number of ether oxygens (including phenoxy) is 2. The maximum Gasteiger partial charge on any atom is 0.433 e. The van der Waals surface area contributed by atoms with E-state index in [-0.39, 0.29) is 29.4 Å². The number of halogens is 3. The molecule has 0 radical (unpaired) electrons. The molecule has 122 valence electrons. The van der Waals surface area contributed by atoms with Crippen molar-refractivity contribution in [2.45, 2.75) is 12.7 Å². The Kier molecular flexibility index (Phi) is 4.80. The van der Waals surface area contributed by atoms with Crippen molar-refractivity contribution in [1.82, 2.24) is 9.97 Å². The van der Waals surface area contributed by atoms with Gasteiger partial charge in [0.15, 0.2) is 5.69 Å². The topological polar surface area (TPSA) is 87.3 Å². The molecule has 23 heavy (non-hydrogen) atoms. The standard InChI is InChI=1S/C14H12F3N3O3/c1-22-13(21)10-6-9(2-3-19-10)23-12-5-8(7-18)4-11(20-12)14(15,16)17/h2-6H,7,18H2,1H3. The number of aromatic nitrogens is 2. The molecule has 0 fully saturated rings. The molecular formula is C14H12F3N3O3. The van der Waals surface area contributed by atoms with Gasteiger partial charge < -0.3 is 15.2 Å². The summed E-state index contributed by atoms with van der Waals surface area (Å²) >= 11 is 0. The molecule has 0 saturated heterocycles. The van der Waals surface area contributed by atoms with Gasteiger partial charge in [-0.3, -0.25) is 0 Å². The molecule has 0 unspecified atom stereocenters. The van der Waals surface area contributed by atoms with Gasteiger partial charge in [0.25, 0.3) is 0 Å². The van der Waals surface area contributed by atoms with Gasteiger partial charge in [-0.2, -0.15) is 13.2 Å². The number of nitrogens with two attached hydrogens (primary N) is 1. The fraction of sp³-hybridized carbons (Fsp3) is 0.214. The molecule has 0 amide bonds. The van der Waals surface area contributed by atoms with Crippen molar-refractivity contribution >= 4 is 5.97 Å². The molecule has 0 atom stereocenters. The van der Waals surface area contributed by atoms with Crippen LogP contribution in [0.1, 0.15) is 21.7 Å². The van der Waals surface area contributed by atoms with Crippen molar-refractivity contribution in [3.8, 4) is 11.6 Å². The molecule has 0 spiro atoms. The third-order valence-corrected chi connectivity index (χ3v) is 2.74. The Hall–Kier alpha value is -2.68. The minimum atomic E-state index is -4.63. The lowest BCUT2D eigenvalue weighted by Gasteiger charge is -2.11. The number of alkyl halides is 3. The minimum Gasteiger partial charge on any atom is -0.464 e. The van der Waals surface area contributed by atoms with Crippen molar-refractivity contribution in [3.63, 3.8) is 0 Å². The zero-order chi connectivity index (χ0) is 17.0. The summed E-state index contributed by atoms with van der Waals surface area (Å²) in [6.45, 7) is -0.105. The predicted octanol–water partition coefficient (Wildman–Crippen LogP) is 2.53. The van der Waals surface area contributed by atoms with Gasteiger partial charge in [-0.15, -0.1) is 0 Å². The van der Waals surface area contributed by atoms with E-state index in [1.807, 2.05) is 0 Å². The summed E-state index contributed by atoms with van der Waals surface area (Å²) in [4.78, 5) is 18.6. The molecule has 0 aliphatic rings. The Bertz CT molecular complexity index is 720. The van der Waals surface area contributed by atoms with Gasteiger partial charge in [-0.05, 0) is 17.7 Å². The zero-order valence-corrected chi connectivity index (χ0v) is 11.9. The highest BCUT2D eigenvalue weighted by atomic mass is 19.4. The van der Waals surface area contributed by atoms with E-state index in [0.29, 0.717) is 0 Å². The second-order valence-corrected chi connectivity index (χ2v) is 4.37. The number of rotatable bonds is 4. The molecule has 2 rings (SSSR count). The van der Waals surface area contributed by atoms with Crippen molar-refractivity contribution in [2.75, 3.05) is 7.11 Å². The van der Waals surface area contributed by atoms with Gasteiger partial charge in [-0.1, -0.05) is 0 Å². The number of nitrogens with zero attached hydrogens (tertiary/aromatic N) is 2. The van der Waals surface area contributed by atoms with Crippen molar-refractivity contribution in [1.29, 1.82) is 0 Å². The zero-order valence-electron chi connectivity index (χ0n) is 11.9. The summed E-state index contributed by atoms with van der Waals surface area (Å²) in [5.41, 5.74) is 4.44. The van der Waals surface area contributed by atoms with Gasteiger partial charge >= 0.3 is 12.1 Å². The summed E-state index contributed by atoms with van der Waals surface area (Å²) in [5, 5.41) is 0. The molecule has 2 aromatic rings. The van der Waals surface area contributed by atoms with Crippen LogP contribution in [0.4, 0.5) is 13.2 Å². The maximum absolute atomic E-state index is 12.8. The third-order valence-electron chi connectivity index (χ3n) is 2.74. The second kappa shape index (κ2) is 6.61. The second-order valence-electron chi connectivity index (χ2n) is 4.37. The van der Waals surface area contributed by atoms with Crippen LogP contribution < -0.4 is 10.5 Å². The molecule has 0 aromatic carbocycles. The van der Waals surface area contributed by atoms with E-state index in [1.165, 1.54) is 31.5 Å². The lowest BCUT2D eigenvalue weighted by Crippen LogP contribution is -2.11. The van der Waals surface area contributed by atoms with Crippen LogP contribution >= 0.6 is 0 Å². The molecular weight excluding hydrogens is 315 g/mol. The van der Waals surface area contributed by atoms with E-state index >= 15 is 0 Å². The quantitative estimate of drug-likeness (QED) is 0.868. The van der Waals surface area contributed by atoms with Gasteiger partial charge in [0.05, 0.1) is 7.11 Å². The molecule has 2 N–H and O–H groups in total. The van der Waals surface area contributed by atoms with Crippen molar-refractivity contribution < 1.29 is 27.4 Å². The average molecular weight is 327 g/mol. The first-order valence-corrected chi connectivity index (χ1v) is 6.34. The van der Waals surface area contributed by atoms with Crippen molar-refractivity contribution in [3.05, 3.63) is 47.4 Å². The summed E-state index contributed by atoms with van der Waals surface area (Å²) in [5.74, 6) is -0.896. The van der Waals surface area contributed by atoms with E-state index in [0.717, 1.165) is 6.07 Å². The third kappa shape index (κ3) is 4.16. The monoisotopic (exact) mass is 327 g/mol. The number of carbonyl (C=O) groups is 1. The Morgan fingerprint density at radius 3 is 2.65 bits per heavy atom. The largest absolute Gasteiger partial charge is 0.464 e. The molecule has 6 nitrogen and oxygen atoms in total.